The molecular weight excluding hydrogens is 395 g/mol. The molecule has 0 amide bonds. The highest BCUT2D eigenvalue weighted by Gasteiger charge is 2.61. The first kappa shape index (κ1) is 20.0. The Labute approximate surface area is 152 Å². The summed E-state index contributed by atoms with van der Waals surface area (Å²) in [4.78, 5) is 12.6. The molecule has 2 fully saturated rings. The van der Waals surface area contributed by atoms with Crippen LogP contribution in [0.5, 0.6) is 5.75 Å². The standard InChI is InChI=1S/C17H17F5O4S/c18-16(19,20)17(21,22)26-12-6-4-10(5-7-12)15(23)11-8-13-2-1-3-14(9-11)27(13,24)25/h4-7,11,13-14H,1-3,8-9H2. The normalized spacial score (nSPS) is 27.8. The van der Waals surface area contributed by atoms with Crippen LogP contribution in [0.15, 0.2) is 24.3 Å². The lowest BCUT2D eigenvalue weighted by Crippen LogP contribution is -2.45. The number of carbonyl (C=O) groups is 1. The summed E-state index contributed by atoms with van der Waals surface area (Å²) in [6, 6.07) is 3.96. The smallest absolute Gasteiger partial charge is 0.426 e. The fraction of sp³-hybridized carbons (Fsp3) is 0.588. The number of carbonyl (C=O) groups excluding carboxylic acids is 1. The van der Waals surface area contributed by atoms with Crippen LogP contribution in [0.3, 0.4) is 0 Å². The van der Waals surface area contributed by atoms with Crippen molar-refractivity contribution in [3.63, 3.8) is 0 Å². The molecule has 0 N–H and O–H groups in total. The zero-order valence-electron chi connectivity index (χ0n) is 14.0. The van der Waals surface area contributed by atoms with Gasteiger partial charge < -0.3 is 4.74 Å². The van der Waals surface area contributed by atoms with Gasteiger partial charge in [0.25, 0.3) is 0 Å². The summed E-state index contributed by atoms with van der Waals surface area (Å²) in [5, 5.41) is -1.10. The lowest BCUT2D eigenvalue weighted by atomic mass is 9.84. The monoisotopic (exact) mass is 412 g/mol. The van der Waals surface area contributed by atoms with Gasteiger partial charge in [0.2, 0.25) is 0 Å². The molecule has 27 heavy (non-hydrogen) atoms. The number of hydrogen-bond acceptors (Lipinski definition) is 4. The second kappa shape index (κ2) is 6.72. The van der Waals surface area contributed by atoms with E-state index in [1.165, 1.54) is 0 Å². The Bertz CT molecular complexity index is 797. The molecule has 1 aromatic carbocycles. The average molecular weight is 412 g/mol. The number of Topliss-reactive ketones (excluding diaryl/α,β-unsaturated/α-hetero) is 1. The van der Waals surface area contributed by atoms with Gasteiger partial charge in [-0.3, -0.25) is 4.79 Å². The zero-order valence-corrected chi connectivity index (χ0v) is 14.8. The predicted octanol–water partition coefficient (Wildman–Crippen LogP) is 4.15. The van der Waals surface area contributed by atoms with E-state index >= 15 is 0 Å². The molecule has 10 heteroatoms. The van der Waals surface area contributed by atoms with E-state index in [1.807, 2.05) is 0 Å². The number of rotatable bonds is 4. The topological polar surface area (TPSA) is 60.4 Å². The van der Waals surface area contributed by atoms with Crippen molar-refractivity contribution < 1.29 is 39.9 Å². The molecule has 2 atom stereocenters. The van der Waals surface area contributed by atoms with Gasteiger partial charge in [-0.2, -0.15) is 22.0 Å². The minimum Gasteiger partial charge on any atom is -0.426 e. The average Bonchev–Trinajstić information content (AvgIpc) is 2.52. The Hall–Kier alpha value is -1.71. The molecule has 0 radical (unpaired) electrons. The number of halogens is 5. The van der Waals surface area contributed by atoms with E-state index in [9.17, 15) is 35.2 Å². The van der Waals surface area contributed by atoms with Crippen LogP contribution in [-0.2, 0) is 9.84 Å². The summed E-state index contributed by atoms with van der Waals surface area (Å²) in [7, 11) is -3.22. The summed E-state index contributed by atoms with van der Waals surface area (Å²) >= 11 is 0. The molecular formula is C17H17F5O4S. The quantitative estimate of drug-likeness (QED) is 0.551. The molecule has 0 spiro atoms. The van der Waals surface area contributed by atoms with E-state index in [0.29, 0.717) is 12.8 Å². The Morgan fingerprint density at radius 3 is 1.96 bits per heavy atom. The van der Waals surface area contributed by atoms with E-state index in [4.69, 9.17) is 0 Å². The minimum atomic E-state index is -5.85. The van der Waals surface area contributed by atoms with Gasteiger partial charge in [0, 0.05) is 11.5 Å². The number of sulfone groups is 1. The first-order chi connectivity index (χ1) is 12.4. The van der Waals surface area contributed by atoms with Gasteiger partial charge in [-0.15, -0.1) is 0 Å². The first-order valence-electron chi connectivity index (χ1n) is 8.42. The number of ether oxygens (including phenoxy) is 1. The SMILES string of the molecule is O=C(c1ccc(OC(F)(F)C(F)(F)F)cc1)C1CC2CCCC(C1)S2(=O)=O. The van der Waals surface area contributed by atoms with Crippen molar-refractivity contribution >= 4 is 15.6 Å². The molecule has 4 nitrogen and oxygen atoms in total. The van der Waals surface area contributed by atoms with Crippen LogP contribution in [0.4, 0.5) is 22.0 Å². The van der Waals surface area contributed by atoms with Crippen molar-refractivity contribution in [1.82, 2.24) is 0 Å². The predicted molar refractivity (Wildman–Crippen MR) is 85.5 cm³/mol. The number of hydrogen-bond donors (Lipinski definition) is 0. The highest BCUT2D eigenvalue weighted by molar-refractivity contribution is 7.92. The van der Waals surface area contributed by atoms with Crippen molar-refractivity contribution in [2.45, 2.75) is 54.9 Å². The van der Waals surface area contributed by atoms with Crippen LogP contribution >= 0.6 is 0 Å². The second-order valence-electron chi connectivity index (χ2n) is 6.94. The summed E-state index contributed by atoms with van der Waals surface area (Å²) in [6.07, 6.45) is -8.94. The lowest BCUT2D eigenvalue weighted by molar-refractivity contribution is -0.360. The fourth-order valence-corrected chi connectivity index (χ4v) is 6.29. The van der Waals surface area contributed by atoms with Crippen LogP contribution in [0.25, 0.3) is 0 Å². The van der Waals surface area contributed by atoms with Crippen molar-refractivity contribution in [2.24, 2.45) is 5.92 Å². The molecule has 2 heterocycles. The van der Waals surface area contributed by atoms with Crippen molar-refractivity contribution in [3.8, 4) is 5.75 Å². The Balaban J connectivity index is 1.72. The molecule has 2 unspecified atom stereocenters. The van der Waals surface area contributed by atoms with Crippen LogP contribution in [0.1, 0.15) is 42.5 Å². The molecule has 2 saturated heterocycles. The van der Waals surface area contributed by atoms with Crippen molar-refractivity contribution in [1.29, 1.82) is 0 Å². The molecule has 2 aliphatic rings. The third kappa shape index (κ3) is 3.81. The summed E-state index contributed by atoms with van der Waals surface area (Å²) in [5.41, 5.74) is 0.125. The van der Waals surface area contributed by atoms with Gasteiger partial charge in [-0.1, -0.05) is 6.42 Å². The fourth-order valence-electron chi connectivity index (χ4n) is 3.75. The molecule has 0 saturated carbocycles. The van der Waals surface area contributed by atoms with E-state index in [0.717, 1.165) is 30.7 Å². The van der Waals surface area contributed by atoms with Crippen LogP contribution in [0, 0.1) is 5.92 Å². The summed E-state index contributed by atoms with van der Waals surface area (Å²) < 4.78 is 90.5. The van der Waals surface area contributed by atoms with Crippen LogP contribution in [-0.4, -0.2) is 37.0 Å². The maximum Gasteiger partial charge on any atom is 0.499 e. The molecule has 2 bridgehead atoms. The van der Waals surface area contributed by atoms with E-state index in [-0.39, 0.29) is 24.2 Å². The van der Waals surface area contributed by atoms with Gasteiger partial charge >= 0.3 is 12.3 Å². The van der Waals surface area contributed by atoms with Crippen LogP contribution in [0.2, 0.25) is 0 Å². The van der Waals surface area contributed by atoms with Gasteiger partial charge in [0.15, 0.2) is 15.6 Å². The zero-order chi connectivity index (χ0) is 20.0. The second-order valence-corrected chi connectivity index (χ2v) is 9.45. The van der Waals surface area contributed by atoms with Gasteiger partial charge in [-0.05, 0) is 49.9 Å². The maximum atomic E-state index is 12.9. The van der Waals surface area contributed by atoms with Gasteiger partial charge in [-0.25, -0.2) is 8.42 Å². The number of ketones is 1. The lowest BCUT2D eigenvalue weighted by Gasteiger charge is -2.38. The van der Waals surface area contributed by atoms with E-state index in [2.05, 4.69) is 4.74 Å². The van der Waals surface area contributed by atoms with Crippen molar-refractivity contribution in [3.05, 3.63) is 29.8 Å². The number of benzene rings is 1. The third-order valence-corrected chi connectivity index (χ3v) is 7.88. The van der Waals surface area contributed by atoms with E-state index in [1.54, 1.807) is 0 Å². The van der Waals surface area contributed by atoms with E-state index < -0.39 is 44.3 Å². The Morgan fingerprint density at radius 1 is 0.963 bits per heavy atom. The van der Waals surface area contributed by atoms with Gasteiger partial charge in [0.05, 0.1) is 10.5 Å². The van der Waals surface area contributed by atoms with Gasteiger partial charge in [0.1, 0.15) is 5.75 Å². The molecule has 150 valence electrons. The minimum absolute atomic E-state index is 0.125. The summed E-state index contributed by atoms with van der Waals surface area (Å²) in [5.74, 6) is -1.57. The van der Waals surface area contributed by atoms with Crippen LogP contribution < -0.4 is 4.74 Å². The molecule has 0 aromatic heterocycles. The Morgan fingerprint density at radius 2 is 1.48 bits per heavy atom. The number of alkyl halides is 5. The first-order valence-corrected chi connectivity index (χ1v) is 10.0. The largest absolute Gasteiger partial charge is 0.499 e. The molecule has 3 rings (SSSR count). The highest BCUT2D eigenvalue weighted by atomic mass is 32.2. The molecule has 1 aromatic rings. The number of fused-ring (bicyclic) bond motifs is 2. The molecule has 2 aliphatic heterocycles. The maximum absolute atomic E-state index is 12.9. The highest BCUT2D eigenvalue weighted by Crippen LogP contribution is 2.41. The molecule has 0 aliphatic carbocycles. The van der Waals surface area contributed by atoms with Crippen molar-refractivity contribution in [2.75, 3.05) is 0 Å². The summed E-state index contributed by atoms with van der Waals surface area (Å²) in [6.45, 7) is 0. The Kier molecular flexibility index (Phi) is 4.98. The third-order valence-electron chi connectivity index (χ3n) is 5.16.